The first-order valence-corrected chi connectivity index (χ1v) is 5.01. The van der Waals surface area contributed by atoms with E-state index in [2.05, 4.69) is 11.3 Å². The number of carbonyl (C=O) groups is 2. The Kier molecular flexibility index (Phi) is 7.03. The first kappa shape index (κ1) is 16.4. The lowest BCUT2D eigenvalue weighted by Gasteiger charge is -2.18. The molecule has 1 amide bonds. The van der Waals surface area contributed by atoms with Crippen LogP contribution in [0.15, 0.2) is 12.7 Å². The van der Waals surface area contributed by atoms with Crippen molar-refractivity contribution in [3.05, 3.63) is 12.7 Å². The predicted octanol–water partition coefficient (Wildman–Crippen LogP) is 1.05. The zero-order valence-corrected chi connectivity index (χ0v) is 9.57. The van der Waals surface area contributed by atoms with Crippen molar-refractivity contribution >= 4 is 11.9 Å². The molecule has 0 rings (SSSR count). The van der Waals surface area contributed by atoms with Gasteiger partial charge in [0.15, 0.2) is 0 Å². The van der Waals surface area contributed by atoms with E-state index >= 15 is 0 Å². The fourth-order valence-corrected chi connectivity index (χ4v) is 1.08. The highest BCUT2D eigenvalue weighted by atomic mass is 19.4. The second kappa shape index (κ2) is 7.70. The van der Waals surface area contributed by atoms with Crippen molar-refractivity contribution in [3.8, 4) is 0 Å². The molecule has 0 aromatic rings. The molecule has 0 atom stereocenters. The molecule has 0 aliphatic heterocycles. The van der Waals surface area contributed by atoms with Crippen LogP contribution in [0.3, 0.4) is 0 Å². The van der Waals surface area contributed by atoms with Crippen LogP contribution in [0.5, 0.6) is 0 Å². The Hall–Kier alpha value is -1.57. The SMILES string of the molecule is C=CCN(CC(=O)O)C(=O)CCOCC(F)(F)F. The van der Waals surface area contributed by atoms with Gasteiger partial charge in [0.25, 0.3) is 0 Å². The summed E-state index contributed by atoms with van der Waals surface area (Å²) in [4.78, 5) is 22.9. The van der Waals surface area contributed by atoms with E-state index in [1.54, 1.807) is 0 Å². The Morgan fingerprint density at radius 3 is 2.44 bits per heavy atom. The van der Waals surface area contributed by atoms with E-state index in [1.165, 1.54) is 6.08 Å². The van der Waals surface area contributed by atoms with Crippen LogP contribution in [0.4, 0.5) is 13.2 Å². The van der Waals surface area contributed by atoms with Crippen LogP contribution in [0, 0.1) is 0 Å². The summed E-state index contributed by atoms with van der Waals surface area (Å²) in [6.07, 6.45) is -3.42. The highest BCUT2D eigenvalue weighted by Gasteiger charge is 2.27. The fraction of sp³-hybridized carbons (Fsp3) is 0.600. The summed E-state index contributed by atoms with van der Waals surface area (Å²) in [7, 11) is 0. The van der Waals surface area contributed by atoms with Crippen LogP contribution in [0.2, 0.25) is 0 Å². The summed E-state index contributed by atoms with van der Waals surface area (Å²) in [5, 5.41) is 8.53. The molecule has 0 saturated heterocycles. The van der Waals surface area contributed by atoms with Crippen molar-refractivity contribution in [2.45, 2.75) is 12.6 Å². The molecule has 0 aromatic heterocycles. The van der Waals surface area contributed by atoms with Gasteiger partial charge in [-0.3, -0.25) is 9.59 Å². The third-order valence-corrected chi connectivity index (χ3v) is 1.75. The molecule has 0 aliphatic carbocycles. The van der Waals surface area contributed by atoms with Gasteiger partial charge in [-0.15, -0.1) is 6.58 Å². The van der Waals surface area contributed by atoms with Gasteiger partial charge in [-0.1, -0.05) is 6.08 Å². The normalized spacial score (nSPS) is 11.1. The Balaban J connectivity index is 4.03. The number of carbonyl (C=O) groups excluding carboxylic acids is 1. The maximum atomic E-state index is 11.7. The average Bonchev–Trinajstić information content (AvgIpc) is 2.21. The van der Waals surface area contributed by atoms with Gasteiger partial charge in [-0.05, 0) is 0 Å². The quantitative estimate of drug-likeness (QED) is 0.528. The highest BCUT2D eigenvalue weighted by Crippen LogP contribution is 2.14. The summed E-state index contributed by atoms with van der Waals surface area (Å²) >= 11 is 0. The van der Waals surface area contributed by atoms with Crippen LogP contribution >= 0.6 is 0 Å². The molecule has 104 valence electrons. The number of hydrogen-bond acceptors (Lipinski definition) is 3. The second-order valence-corrected chi connectivity index (χ2v) is 3.37. The number of hydrogen-bond donors (Lipinski definition) is 1. The molecule has 0 bridgehead atoms. The number of rotatable bonds is 8. The molecule has 1 N–H and O–H groups in total. The Morgan fingerprint density at radius 1 is 1.39 bits per heavy atom. The second-order valence-electron chi connectivity index (χ2n) is 3.37. The summed E-state index contributed by atoms with van der Waals surface area (Å²) in [6.45, 7) is 1.01. The topological polar surface area (TPSA) is 66.8 Å². The molecule has 0 aliphatic rings. The molecule has 5 nitrogen and oxygen atoms in total. The van der Waals surface area contributed by atoms with Crippen molar-refractivity contribution in [2.24, 2.45) is 0 Å². The summed E-state index contributed by atoms with van der Waals surface area (Å²) in [6, 6.07) is 0. The summed E-state index contributed by atoms with van der Waals surface area (Å²) in [5.74, 6) is -1.80. The lowest BCUT2D eigenvalue weighted by molar-refractivity contribution is -0.175. The Bertz CT molecular complexity index is 304. The van der Waals surface area contributed by atoms with Crippen LogP contribution in [-0.2, 0) is 14.3 Å². The van der Waals surface area contributed by atoms with Gasteiger partial charge in [-0.2, -0.15) is 13.2 Å². The number of carboxylic acid groups (broad SMARTS) is 1. The lowest BCUT2D eigenvalue weighted by Crippen LogP contribution is -2.36. The van der Waals surface area contributed by atoms with Crippen LogP contribution in [0.25, 0.3) is 0 Å². The smallest absolute Gasteiger partial charge is 0.411 e. The number of halogens is 3. The highest BCUT2D eigenvalue weighted by molar-refractivity contribution is 5.81. The van der Waals surface area contributed by atoms with E-state index < -0.39 is 37.8 Å². The minimum absolute atomic E-state index is 0.0183. The minimum Gasteiger partial charge on any atom is -0.480 e. The monoisotopic (exact) mass is 269 g/mol. The largest absolute Gasteiger partial charge is 0.480 e. The van der Waals surface area contributed by atoms with E-state index in [4.69, 9.17) is 5.11 Å². The van der Waals surface area contributed by atoms with Crippen LogP contribution in [0.1, 0.15) is 6.42 Å². The number of carboxylic acids is 1. The standard InChI is InChI=1S/C10H14F3NO4/c1-2-4-14(6-9(16)17)8(15)3-5-18-7-10(11,12)13/h2H,1,3-7H2,(H,16,17). The van der Waals surface area contributed by atoms with E-state index in [0.717, 1.165) is 4.90 Å². The van der Waals surface area contributed by atoms with Gasteiger partial charge in [0, 0.05) is 6.54 Å². The minimum atomic E-state index is -4.44. The van der Waals surface area contributed by atoms with Gasteiger partial charge < -0.3 is 14.7 Å². The number of nitrogens with zero attached hydrogens (tertiary/aromatic N) is 1. The first-order valence-electron chi connectivity index (χ1n) is 5.01. The zero-order valence-electron chi connectivity index (χ0n) is 9.57. The molecule has 0 heterocycles. The van der Waals surface area contributed by atoms with E-state index in [-0.39, 0.29) is 13.0 Å². The molecule has 18 heavy (non-hydrogen) atoms. The van der Waals surface area contributed by atoms with E-state index in [0.29, 0.717) is 0 Å². The molecular formula is C10H14F3NO4. The third-order valence-electron chi connectivity index (χ3n) is 1.75. The maximum absolute atomic E-state index is 11.7. The molecular weight excluding hydrogens is 255 g/mol. The van der Waals surface area contributed by atoms with Crippen molar-refractivity contribution < 1.29 is 32.6 Å². The number of aliphatic carboxylic acids is 1. The number of alkyl halides is 3. The van der Waals surface area contributed by atoms with Crippen LogP contribution < -0.4 is 0 Å². The third kappa shape index (κ3) is 8.57. The van der Waals surface area contributed by atoms with Gasteiger partial charge in [0.2, 0.25) is 5.91 Å². The molecule has 8 heteroatoms. The maximum Gasteiger partial charge on any atom is 0.411 e. The van der Waals surface area contributed by atoms with E-state index in [9.17, 15) is 22.8 Å². The van der Waals surface area contributed by atoms with Gasteiger partial charge >= 0.3 is 12.1 Å². The number of ether oxygens (including phenoxy) is 1. The van der Waals surface area contributed by atoms with Gasteiger partial charge in [0.05, 0.1) is 13.0 Å². The van der Waals surface area contributed by atoms with Gasteiger partial charge in [0.1, 0.15) is 13.2 Å². The Morgan fingerprint density at radius 2 is 2.00 bits per heavy atom. The molecule has 0 saturated carbocycles. The lowest BCUT2D eigenvalue weighted by atomic mass is 10.3. The average molecular weight is 269 g/mol. The molecule has 0 spiro atoms. The molecule has 0 unspecified atom stereocenters. The van der Waals surface area contributed by atoms with Crippen LogP contribution in [-0.4, -0.2) is 54.4 Å². The first-order chi connectivity index (χ1) is 8.26. The molecule has 0 radical (unpaired) electrons. The summed E-state index contributed by atoms with van der Waals surface area (Å²) < 4.78 is 39.4. The van der Waals surface area contributed by atoms with E-state index in [1.807, 2.05) is 0 Å². The van der Waals surface area contributed by atoms with Crippen molar-refractivity contribution in [3.63, 3.8) is 0 Å². The van der Waals surface area contributed by atoms with Crippen molar-refractivity contribution in [2.75, 3.05) is 26.3 Å². The number of amides is 1. The Labute approximate surface area is 102 Å². The predicted molar refractivity (Wildman–Crippen MR) is 55.9 cm³/mol. The molecule has 0 aromatic carbocycles. The van der Waals surface area contributed by atoms with Gasteiger partial charge in [-0.25, -0.2) is 0 Å². The van der Waals surface area contributed by atoms with Crippen molar-refractivity contribution in [1.29, 1.82) is 0 Å². The zero-order chi connectivity index (χ0) is 14.2. The molecule has 0 fully saturated rings. The summed E-state index contributed by atoms with van der Waals surface area (Å²) in [5.41, 5.74) is 0. The van der Waals surface area contributed by atoms with Crippen molar-refractivity contribution in [1.82, 2.24) is 4.90 Å². The fourth-order valence-electron chi connectivity index (χ4n) is 1.08.